The normalized spacial score (nSPS) is 14.0. The number of aromatic nitrogens is 1. The smallest absolute Gasteiger partial charge is 0.255 e. The summed E-state index contributed by atoms with van der Waals surface area (Å²) in [5, 5.41) is 15.4. The second-order valence-corrected chi connectivity index (χ2v) is 10.4. The zero-order chi connectivity index (χ0) is 26.6. The largest absolute Gasteiger partial charge is 0.381 e. The van der Waals surface area contributed by atoms with Crippen molar-refractivity contribution in [1.82, 2.24) is 10.3 Å². The van der Waals surface area contributed by atoms with Gasteiger partial charge >= 0.3 is 0 Å². The van der Waals surface area contributed by atoms with Crippen LogP contribution in [0.3, 0.4) is 0 Å². The van der Waals surface area contributed by atoms with Crippen LogP contribution >= 0.6 is 0 Å². The molecule has 37 heavy (non-hydrogen) atoms. The number of hydrogen-bond acceptors (Lipinski definition) is 5. The first kappa shape index (κ1) is 26.1. The number of ether oxygens (including phenoxy) is 1. The molecule has 4 rings (SSSR count). The number of nitrogens with zero attached hydrogens (tertiary/aromatic N) is 2. The van der Waals surface area contributed by atoms with Crippen LogP contribution in [0.4, 0.5) is 5.69 Å². The van der Waals surface area contributed by atoms with E-state index in [9.17, 15) is 14.9 Å². The molecule has 0 saturated carbocycles. The molecule has 7 nitrogen and oxygen atoms in total. The lowest BCUT2D eigenvalue weighted by molar-refractivity contribution is 0.0696. The predicted octanol–water partition coefficient (Wildman–Crippen LogP) is 5.39. The number of amides is 2. The molecule has 0 bridgehead atoms. The molecule has 1 fully saturated rings. The molecule has 1 aliphatic heterocycles. The first-order valence-electron chi connectivity index (χ1n) is 12.5. The highest BCUT2D eigenvalue weighted by atomic mass is 16.5. The van der Waals surface area contributed by atoms with Crippen LogP contribution in [0.2, 0.25) is 0 Å². The van der Waals surface area contributed by atoms with E-state index < -0.39 is 0 Å². The number of hydrogen-bond donors (Lipinski definition) is 2. The average Bonchev–Trinajstić information content (AvgIpc) is 2.89. The van der Waals surface area contributed by atoms with E-state index >= 15 is 0 Å². The van der Waals surface area contributed by atoms with E-state index in [4.69, 9.17) is 4.74 Å². The summed E-state index contributed by atoms with van der Waals surface area (Å²) in [5.74, 6) is -0.400. The maximum Gasteiger partial charge on any atom is 0.255 e. The van der Waals surface area contributed by atoms with E-state index in [2.05, 4.69) is 21.7 Å². The number of carbonyl (C=O) groups excluding carboxylic acids is 2. The monoisotopic (exact) mass is 496 g/mol. The van der Waals surface area contributed by atoms with Crippen LogP contribution in [-0.4, -0.2) is 36.1 Å². The Morgan fingerprint density at radius 2 is 1.70 bits per heavy atom. The van der Waals surface area contributed by atoms with Gasteiger partial charge in [-0.25, -0.2) is 0 Å². The van der Waals surface area contributed by atoms with Gasteiger partial charge in [0.15, 0.2) is 0 Å². The molecule has 190 valence electrons. The quantitative estimate of drug-likeness (QED) is 0.493. The van der Waals surface area contributed by atoms with Crippen molar-refractivity contribution in [2.45, 2.75) is 52.0 Å². The van der Waals surface area contributed by atoms with E-state index in [1.54, 1.807) is 24.4 Å². The molecular weight excluding hydrogens is 464 g/mol. The lowest BCUT2D eigenvalue weighted by atomic mass is 9.85. The molecule has 1 aromatic heterocycles. The first-order valence-corrected chi connectivity index (χ1v) is 12.5. The van der Waals surface area contributed by atoms with Crippen LogP contribution in [0, 0.1) is 18.3 Å². The second kappa shape index (κ2) is 10.9. The molecular formula is C30H32N4O3. The fourth-order valence-electron chi connectivity index (χ4n) is 4.27. The Labute approximate surface area is 217 Å². The molecule has 0 aliphatic carbocycles. The van der Waals surface area contributed by atoms with Gasteiger partial charge in [0.1, 0.15) is 0 Å². The van der Waals surface area contributed by atoms with Crippen molar-refractivity contribution in [1.29, 1.82) is 5.26 Å². The third-order valence-electron chi connectivity index (χ3n) is 6.55. The van der Waals surface area contributed by atoms with Gasteiger partial charge in [0.05, 0.1) is 23.5 Å². The van der Waals surface area contributed by atoms with E-state index in [1.165, 1.54) is 0 Å². The first-order chi connectivity index (χ1) is 17.6. The van der Waals surface area contributed by atoms with E-state index in [0.29, 0.717) is 35.6 Å². The number of pyridine rings is 1. The molecule has 2 amide bonds. The molecule has 0 unspecified atom stereocenters. The number of anilines is 1. The summed E-state index contributed by atoms with van der Waals surface area (Å²) in [6.45, 7) is 9.37. The number of rotatable bonds is 5. The fourth-order valence-corrected chi connectivity index (χ4v) is 4.27. The van der Waals surface area contributed by atoms with Crippen molar-refractivity contribution in [3.63, 3.8) is 0 Å². The number of benzene rings is 2. The van der Waals surface area contributed by atoms with Crippen LogP contribution in [0.25, 0.3) is 11.1 Å². The minimum absolute atomic E-state index is 0.0939. The summed E-state index contributed by atoms with van der Waals surface area (Å²) in [7, 11) is 0. The van der Waals surface area contributed by atoms with Crippen LogP contribution in [0.15, 0.2) is 54.7 Å². The highest BCUT2D eigenvalue weighted by Crippen LogP contribution is 2.27. The van der Waals surface area contributed by atoms with Gasteiger partial charge in [0, 0.05) is 41.6 Å². The van der Waals surface area contributed by atoms with Crippen molar-refractivity contribution < 1.29 is 14.3 Å². The number of carbonyl (C=O) groups is 2. The molecule has 0 spiro atoms. The lowest BCUT2D eigenvalue weighted by Gasteiger charge is -2.23. The summed E-state index contributed by atoms with van der Waals surface area (Å²) >= 11 is 0. The highest BCUT2D eigenvalue weighted by molar-refractivity contribution is 6.05. The van der Waals surface area contributed by atoms with Crippen molar-refractivity contribution in [3.05, 3.63) is 82.7 Å². The van der Waals surface area contributed by atoms with Gasteiger partial charge in [-0.3, -0.25) is 14.6 Å². The van der Waals surface area contributed by atoms with Gasteiger partial charge in [0.25, 0.3) is 11.8 Å². The van der Waals surface area contributed by atoms with Crippen LogP contribution in [0.1, 0.15) is 71.1 Å². The summed E-state index contributed by atoms with van der Waals surface area (Å²) in [6, 6.07) is 16.8. The van der Waals surface area contributed by atoms with E-state index in [-0.39, 0.29) is 23.3 Å². The lowest BCUT2D eigenvalue weighted by Crippen LogP contribution is -2.38. The summed E-state index contributed by atoms with van der Waals surface area (Å²) in [4.78, 5) is 30.2. The molecule has 2 heterocycles. The molecule has 0 radical (unpaired) electrons. The molecule has 1 aliphatic rings. The molecule has 3 aromatic rings. The third kappa shape index (κ3) is 6.41. The second-order valence-electron chi connectivity index (χ2n) is 10.4. The van der Waals surface area contributed by atoms with Crippen molar-refractivity contribution in [2.75, 3.05) is 18.5 Å². The molecule has 2 aromatic carbocycles. The Hall–Kier alpha value is -4.02. The molecule has 7 heteroatoms. The maximum atomic E-state index is 13.1. The van der Waals surface area contributed by atoms with Crippen molar-refractivity contribution in [3.8, 4) is 17.2 Å². The average molecular weight is 497 g/mol. The zero-order valence-corrected chi connectivity index (χ0v) is 21.7. The Kier molecular flexibility index (Phi) is 7.70. The van der Waals surface area contributed by atoms with Crippen LogP contribution < -0.4 is 10.6 Å². The molecule has 1 saturated heterocycles. The Balaban J connectivity index is 1.52. The van der Waals surface area contributed by atoms with Gasteiger partial charge in [-0.15, -0.1) is 0 Å². The minimum atomic E-state index is -0.306. The van der Waals surface area contributed by atoms with E-state index in [1.807, 2.05) is 58.0 Å². The number of nitrogens with one attached hydrogen (secondary N) is 2. The van der Waals surface area contributed by atoms with Crippen LogP contribution in [-0.2, 0) is 10.2 Å². The predicted molar refractivity (Wildman–Crippen MR) is 144 cm³/mol. The molecule has 2 N–H and O–H groups in total. The van der Waals surface area contributed by atoms with Crippen molar-refractivity contribution >= 4 is 17.5 Å². The third-order valence-corrected chi connectivity index (χ3v) is 6.55. The van der Waals surface area contributed by atoms with Gasteiger partial charge < -0.3 is 15.4 Å². The highest BCUT2D eigenvalue weighted by Gasteiger charge is 2.19. The number of aryl methyl sites for hydroxylation is 1. The summed E-state index contributed by atoms with van der Waals surface area (Å²) in [5.41, 5.74) is 5.28. The van der Waals surface area contributed by atoms with Gasteiger partial charge in [-0.2, -0.15) is 5.26 Å². The van der Waals surface area contributed by atoms with Crippen molar-refractivity contribution in [2.24, 2.45) is 0 Å². The number of nitriles is 1. The molecule has 0 atom stereocenters. The Morgan fingerprint density at radius 1 is 1.00 bits per heavy atom. The maximum absolute atomic E-state index is 13.1. The standard InChI is InChI=1S/C30H32N4O3/c1-19-27(21-5-7-22(8-6-21)28(35)33-25-9-11-37-12-10-25)16-26(18-32-19)34-29(36)23-13-20(17-31)14-24(15-23)30(2,3)4/h5-8,13-16,18,25H,9-12H2,1-4H3,(H,33,35)(H,34,36). The van der Waals surface area contributed by atoms with Crippen LogP contribution in [0.5, 0.6) is 0 Å². The van der Waals surface area contributed by atoms with Gasteiger partial charge in [0.2, 0.25) is 0 Å². The van der Waals surface area contributed by atoms with Gasteiger partial charge in [-0.05, 0) is 72.7 Å². The summed E-state index contributed by atoms with van der Waals surface area (Å²) in [6.07, 6.45) is 3.27. The topological polar surface area (TPSA) is 104 Å². The minimum Gasteiger partial charge on any atom is -0.381 e. The van der Waals surface area contributed by atoms with Gasteiger partial charge in [-0.1, -0.05) is 32.9 Å². The Morgan fingerprint density at radius 3 is 2.35 bits per heavy atom. The fraction of sp³-hybridized carbons (Fsp3) is 0.333. The SMILES string of the molecule is Cc1ncc(NC(=O)c2cc(C#N)cc(C(C)(C)C)c2)cc1-c1ccc(C(=O)NC2CCOCC2)cc1. The summed E-state index contributed by atoms with van der Waals surface area (Å²) < 4.78 is 5.35. The Bertz CT molecular complexity index is 1340. The van der Waals surface area contributed by atoms with E-state index in [0.717, 1.165) is 35.2 Å². The zero-order valence-electron chi connectivity index (χ0n) is 21.7.